The highest BCUT2D eigenvalue weighted by Gasteiger charge is 2.28. The zero-order valence-electron chi connectivity index (χ0n) is 13.9. The molecule has 128 valence electrons. The van der Waals surface area contributed by atoms with E-state index in [1.807, 2.05) is 23.0 Å². The summed E-state index contributed by atoms with van der Waals surface area (Å²) in [5.74, 6) is 1.69. The Balaban J connectivity index is 1.47. The Hall–Kier alpha value is -2.05. The topological polar surface area (TPSA) is 57.5 Å². The third kappa shape index (κ3) is 2.99. The molecule has 2 aromatic rings. The lowest BCUT2D eigenvalue weighted by Crippen LogP contribution is -2.39. The summed E-state index contributed by atoms with van der Waals surface area (Å²) in [7, 11) is 0. The molecule has 0 spiro atoms. The molecular formula is C18H23N3O3. The van der Waals surface area contributed by atoms with E-state index in [9.17, 15) is 0 Å². The van der Waals surface area contributed by atoms with E-state index in [1.54, 1.807) is 0 Å². The molecule has 4 rings (SSSR count). The van der Waals surface area contributed by atoms with Crippen LogP contribution in [0.3, 0.4) is 0 Å². The number of aryl methyl sites for hydroxylation is 1. The molecule has 1 aromatic heterocycles. The molecular weight excluding hydrogens is 306 g/mol. The van der Waals surface area contributed by atoms with Crippen LogP contribution in [0.4, 0.5) is 0 Å². The van der Waals surface area contributed by atoms with Crippen LogP contribution in [0.25, 0.3) is 0 Å². The van der Waals surface area contributed by atoms with Crippen LogP contribution in [0.2, 0.25) is 0 Å². The van der Waals surface area contributed by atoms with Gasteiger partial charge in [0.15, 0.2) is 11.5 Å². The van der Waals surface area contributed by atoms with Gasteiger partial charge >= 0.3 is 0 Å². The van der Waals surface area contributed by atoms with E-state index in [0.717, 1.165) is 55.2 Å². The first-order chi connectivity index (χ1) is 11.8. The first-order valence-corrected chi connectivity index (χ1v) is 8.60. The number of para-hydroxylation sites is 1. The standard InChI is InChI=1S/C18H23N3O3/c1-2-21-11-14(10-20-21)17-15(6-4-8-22-17)19-9-13-5-3-7-16-18(13)24-12-23-16/h3,5,7,10-11,15,17,19H,2,4,6,8-9,12H2,1H3/t15-,17+/m0/s1. The number of nitrogens with zero attached hydrogens (tertiary/aromatic N) is 2. The summed E-state index contributed by atoms with van der Waals surface area (Å²) < 4.78 is 19.0. The Morgan fingerprint density at radius 1 is 1.33 bits per heavy atom. The number of benzene rings is 1. The number of ether oxygens (including phenoxy) is 3. The third-order valence-electron chi connectivity index (χ3n) is 4.66. The van der Waals surface area contributed by atoms with Crippen LogP contribution in [-0.2, 0) is 17.8 Å². The van der Waals surface area contributed by atoms with Crippen LogP contribution in [0, 0.1) is 0 Å². The van der Waals surface area contributed by atoms with E-state index in [0.29, 0.717) is 6.79 Å². The lowest BCUT2D eigenvalue weighted by molar-refractivity contribution is -0.0113. The van der Waals surface area contributed by atoms with Gasteiger partial charge in [0.2, 0.25) is 6.79 Å². The van der Waals surface area contributed by atoms with Gasteiger partial charge in [-0.1, -0.05) is 12.1 Å². The summed E-state index contributed by atoms with van der Waals surface area (Å²) in [6.07, 6.45) is 6.22. The lowest BCUT2D eigenvalue weighted by atomic mass is 9.97. The zero-order chi connectivity index (χ0) is 16.4. The van der Waals surface area contributed by atoms with Crippen molar-refractivity contribution in [3.63, 3.8) is 0 Å². The average molecular weight is 329 g/mol. The Bertz CT molecular complexity index is 701. The molecule has 0 radical (unpaired) electrons. The number of nitrogens with one attached hydrogen (secondary N) is 1. The van der Waals surface area contributed by atoms with E-state index in [2.05, 4.69) is 29.6 Å². The van der Waals surface area contributed by atoms with Gasteiger partial charge in [-0.3, -0.25) is 4.68 Å². The molecule has 0 aliphatic carbocycles. The fourth-order valence-corrected chi connectivity index (χ4v) is 3.39. The maximum atomic E-state index is 6.04. The number of hydrogen-bond donors (Lipinski definition) is 1. The average Bonchev–Trinajstić information content (AvgIpc) is 3.29. The Kier molecular flexibility index (Phi) is 4.40. The molecule has 3 heterocycles. The molecule has 1 fully saturated rings. The Morgan fingerprint density at radius 2 is 2.29 bits per heavy atom. The molecule has 0 unspecified atom stereocenters. The van der Waals surface area contributed by atoms with Crippen molar-refractivity contribution in [2.24, 2.45) is 0 Å². The van der Waals surface area contributed by atoms with Crippen LogP contribution >= 0.6 is 0 Å². The van der Waals surface area contributed by atoms with Gasteiger partial charge < -0.3 is 19.5 Å². The second-order valence-corrected chi connectivity index (χ2v) is 6.20. The SMILES string of the molecule is CCn1cc([C@H]2OCCC[C@@H]2NCc2cccc3c2OCO3)cn1. The lowest BCUT2D eigenvalue weighted by Gasteiger charge is -2.32. The predicted octanol–water partition coefficient (Wildman–Crippen LogP) is 2.64. The van der Waals surface area contributed by atoms with Gasteiger partial charge in [0.25, 0.3) is 0 Å². The Labute approximate surface area is 141 Å². The second-order valence-electron chi connectivity index (χ2n) is 6.20. The fourth-order valence-electron chi connectivity index (χ4n) is 3.39. The number of hydrogen-bond acceptors (Lipinski definition) is 5. The first kappa shape index (κ1) is 15.5. The number of aromatic nitrogens is 2. The molecule has 6 heteroatoms. The van der Waals surface area contributed by atoms with Crippen molar-refractivity contribution in [3.05, 3.63) is 41.7 Å². The van der Waals surface area contributed by atoms with Crippen molar-refractivity contribution >= 4 is 0 Å². The first-order valence-electron chi connectivity index (χ1n) is 8.60. The van der Waals surface area contributed by atoms with Gasteiger partial charge in [-0.05, 0) is 25.8 Å². The van der Waals surface area contributed by atoms with E-state index >= 15 is 0 Å². The zero-order valence-corrected chi connectivity index (χ0v) is 13.9. The summed E-state index contributed by atoms with van der Waals surface area (Å²) >= 11 is 0. The van der Waals surface area contributed by atoms with E-state index < -0.39 is 0 Å². The molecule has 1 aromatic carbocycles. The quantitative estimate of drug-likeness (QED) is 0.914. The highest BCUT2D eigenvalue weighted by atomic mass is 16.7. The minimum absolute atomic E-state index is 0.0491. The van der Waals surface area contributed by atoms with Crippen molar-refractivity contribution in [1.82, 2.24) is 15.1 Å². The van der Waals surface area contributed by atoms with Crippen LogP contribution in [0.15, 0.2) is 30.6 Å². The van der Waals surface area contributed by atoms with Crippen LogP contribution in [0.5, 0.6) is 11.5 Å². The minimum atomic E-state index is 0.0491. The highest BCUT2D eigenvalue weighted by Crippen LogP contribution is 2.36. The van der Waals surface area contributed by atoms with Crippen LogP contribution < -0.4 is 14.8 Å². The maximum absolute atomic E-state index is 6.04. The van der Waals surface area contributed by atoms with Crippen molar-refractivity contribution in [2.75, 3.05) is 13.4 Å². The molecule has 0 saturated carbocycles. The summed E-state index contributed by atoms with van der Waals surface area (Å²) in [4.78, 5) is 0. The molecule has 0 amide bonds. The molecule has 1 N–H and O–H groups in total. The monoisotopic (exact) mass is 329 g/mol. The highest BCUT2D eigenvalue weighted by molar-refractivity contribution is 5.48. The summed E-state index contributed by atoms with van der Waals surface area (Å²) in [6.45, 7) is 4.80. The fraction of sp³-hybridized carbons (Fsp3) is 0.500. The predicted molar refractivity (Wildman–Crippen MR) is 89.0 cm³/mol. The maximum Gasteiger partial charge on any atom is 0.231 e. The van der Waals surface area contributed by atoms with Crippen molar-refractivity contribution < 1.29 is 14.2 Å². The minimum Gasteiger partial charge on any atom is -0.454 e. The largest absolute Gasteiger partial charge is 0.454 e. The molecule has 2 aliphatic heterocycles. The third-order valence-corrected chi connectivity index (χ3v) is 4.66. The van der Waals surface area contributed by atoms with Gasteiger partial charge in [0.05, 0.1) is 6.20 Å². The Morgan fingerprint density at radius 3 is 3.17 bits per heavy atom. The number of fused-ring (bicyclic) bond motifs is 1. The van der Waals surface area contributed by atoms with Gasteiger partial charge in [0, 0.05) is 43.1 Å². The van der Waals surface area contributed by atoms with E-state index in [4.69, 9.17) is 14.2 Å². The summed E-state index contributed by atoms with van der Waals surface area (Å²) in [5, 5.41) is 8.03. The van der Waals surface area contributed by atoms with Crippen LogP contribution in [-0.4, -0.2) is 29.2 Å². The molecule has 2 atom stereocenters. The van der Waals surface area contributed by atoms with E-state index in [-0.39, 0.29) is 12.1 Å². The van der Waals surface area contributed by atoms with Crippen molar-refractivity contribution in [1.29, 1.82) is 0 Å². The second kappa shape index (κ2) is 6.83. The van der Waals surface area contributed by atoms with Crippen molar-refractivity contribution in [3.8, 4) is 11.5 Å². The summed E-state index contributed by atoms with van der Waals surface area (Å²) in [6, 6.07) is 6.29. The smallest absolute Gasteiger partial charge is 0.231 e. The summed E-state index contributed by atoms with van der Waals surface area (Å²) in [5.41, 5.74) is 2.27. The van der Waals surface area contributed by atoms with Gasteiger partial charge in [-0.25, -0.2) is 0 Å². The molecule has 6 nitrogen and oxygen atoms in total. The number of rotatable bonds is 5. The molecule has 1 saturated heterocycles. The van der Waals surface area contributed by atoms with E-state index in [1.165, 1.54) is 0 Å². The van der Waals surface area contributed by atoms with Crippen LogP contribution in [0.1, 0.15) is 37.0 Å². The van der Waals surface area contributed by atoms with Gasteiger partial charge in [-0.15, -0.1) is 0 Å². The molecule has 0 bridgehead atoms. The van der Waals surface area contributed by atoms with Gasteiger partial charge in [0.1, 0.15) is 6.10 Å². The van der Waals surface area contributed by atoms with Crippen molar-refractivity contribution in [2.45, 2.75) is 45.0 Å². The molecule has 24 heavy (non-hydrogen) atoms. The normalized spacial score (nSPS) is 22.7. The van der Waals surface area contributed by atoms with Gasteiger partial charge in [-0.2, -0.15) is 5.10 Å². The molecule has 2 aliphatic rings.